The van der Waals surface area contributed by atoms with E-state index in [-0.39, 0.29) is 0 Å². The van der Waals surface area contributed by atoms with E-state index in [0.717, 1.165) is 37.1 Å². The average molecular weight is 237 g/mol. The van der Waals surface area contributed by atoms with Crippen LogP contribution in [0.4, 0.5) is 0 Å². The Morgan fingerprint density at radius 2 is 2.00 bits per heavy atom. The number of rotatable bonds is 2. The molecule has 1 aromatic carbocycles. The van der Waals surface area contributed by atoms with E-state index in [0.29, 0.717) is 11.7 Å². The largest absolute Gasteiger partial charge is 0.300 e. The predicted molar refractivity (Wildman–Crippen MR) is 67.0 cm³/mol. The molecule has 0 atom stereocenters. The van der Waals surface area contributed by atoms with E-state index in [9.17, 15) is 4.79 Å². The summed E-state index contributed by atoms with van der Waals surface area (Å²) in [6, 6.07) is 6.38. The molecule has 16 heavy (non-hydrogen) atoms. The molecule has 0 saturated heterocycles. The molecule has 1 fully saturated rings. The van der Waals surface area contributed by atoms with E-state index < -0.39 is 0 Å². The summed E-state index contributed by atoms with van der Waals surface area (Å²) < 4.78 is 0. The van der Waals surface area contributed by atoms with Crippen LogP contribution >= 0.6 is 11.6 Å². The van der Waals surface area contributed by atoms with Gasteiger partial charge < -0.3 is 0 Å². The highest BCUT2D eigenvalue weighted by atomic mass is 35.5. The number of ketones is 1. The lowest BCUT2D eigenvalue weighted by Crippen LogP contribution is -2.12. The zero-order valence-corrected chi connectivity index (χ0v) is 10.4. The Bertz CT molecular complexity index is 388. The predicted octanol–water partition coefficient (Wildman–Crippen LogP) is 4.13. The molecule has 1 aromatic rings. The Hall–Kier alpha value is -0.820. The maximum atomic E-state index is 11.2. The van der Waals surface area contributed by atoms with Gasteiger partial charge in [0.15, 0.2) is 0 Å². The molecule has 0 bridgehead atoms. The number of hydrogen-bond donors (Lipinski definition) is 0. The molecule has 0 unspecified atom stereocenters. The van der Waals surface area contributed by atoms with Crippen LogP contribution in [0.3, 0.4) is 0 Å². The molecule has 0 heterocycles. The molecule has 1 aliphatic rings. The molecule has 1 aliphatic carbocycles. The van der Waals surface area contributed by atoms with Crippen molar-refractivity contribution < 1.29 is 4.79 Å². The van der Waals surface area contributed by atoms with Crippen LogP contribution in [0.1, 0.15) is 49.7 Å². The molecule has 1 saturated carbocycles. The van der Waals surface area contributed by atoms with Crippen LogP contribution in [-0.4, -0.2) is 5.78 Å². The van der Waals surface area contributed by atoms with Crippen molar-refractivity contribution in [2.24, 2.45) is 0 Å². The van der Waals surface area contributed by atoms with Gasteiger partial charge in [-0.25, -0.2) is 0 Å². The smallest absolute Gasteiger partial charge is 0.132 e. The second-order valence-electron chi connectivity index (χ2n) is 4.52. The van der Waals surface area contributed by atoms with Gasteiger partial charge in [0.2, 0.25) is 0 Å². The van der Waals surface area contributed by atoms with Crippen molar-refractivity contribution in [3.05, 3.63) is 34.3 Å². The number of carbonyl (C=O) groups excluding carboxylic acids is 1. The molecular formula is C14H17ClO. The average Bonchev–Trinajstić information content (AvgIpc) is 2.30. The van der Waals surface area contributed by atoms with Crippen LogP contribution in [0.5, 0.6) is 0 Å². The molecule has 2 rings (SSSR count). The van der Waals surface area contributed by atoms with Crippen molar-refractivity contribution in [1.29, 1.82) is 0 Å². The van der Waals surface area contributed by atoms with E-state index >= 15 is 0 Å². The third-order valence-electron chi connectivity index (χ3n) is 3.47. The lowest BCUT2D eigenvalue weighted by Gasteiger charge is -2.21. The molecule has 0 aliphatic heterocycles. The molecule has 0 radical (unpaired) electrons. The summed E-state index contributed by atoms with van der Waals surface area (Å²) in [6.07, 6.45) is 4.42. The Kier molecular flexibility index (Phi) is 3.65. The third kappa shape index (κ3) is 2.46. The van der Waals surface area contributed by atoms with Gasteiger partial charge in [-0.3, -0.25) is 4.79 Å². The van der Waals surface area contributed by atoms with E-state index in [1.807, 2.05) is 0 Å². The first-order valence-electron chi connectivity index (χ1n) is 6.00. The van der Waals surface area contributed by atoms with Crippen molar-refractivity contribution in [3.8, 4) is 0 Å². The minimum Gasteiger partial charge on any atom is -0.300 e. The summed E-state index contributed by atoms with van der Waals surface area (Å²) >= 11 is 6.21. The second kappa shape index (κ2) is 5.01. The van der Waals surface area contributed by atoms with Gasteiger partial charge in [-0.15, -0.1) is 0 Å². The fourth-order valence-electron chi connectivity index (χ4n) is 2.38. The molecule has 0 spiro atoms. The fourth-order valence-corrected chi connectivity index (χ4v) is 2.70. The summed E-state index contributed by atoms with van der Waals surface area (Å²) in [6.45, 7) is 2.11. The molecule has 1 nitrogen and oxygen atoms in total. The normalized spacial score (nSPS) is 17.8. The molecule has 0 amide bonds. The van der Waals surface area contributed by atoms with E-state index in [2.05, 4.69) is 25.1 Å². The van der Waals surface area contributed by atoms with E-state index in [1.165, 1.54) is 11.1 Å². The Morgan fingerprint density at radius 1 is 1.31 bits per heavy atom. The van der Waals surface area contributed by atoms with Gasteiger partial charge in [-0.2, -0.15) is 0 Å². The van der Waals surface area contributed by atoms with Gasteiger partial charge in [0.1, 0.15) is 5.78 Å². The number of hydrogen-bond acceptors (Lipinski definition) is 1. The summed E-state index contributed by atoms with van der Waals surface area (Å²) in [5.41, 5.74) is 2.51. The second-order valence-corrected chi connectivity index (χ2v) is 4.92. The van der Waals surface area contributed by atoms with E-state index in [1.54, 1.807) is 0 Å². The topological polar surface area (TPSA) is 17.1 Å². The minimum atomic E-state index is 0.410. The number of Topliss-reactive ketones (excluding diaryl/α,β-unsaturated/α-hetero) is 1. The van der Waals surface area contributed by atoms with Crippen LogP contribution in [-0.2, 0) is 11.2 Å². The summed E-state index contributed by atoms with van der Waals surface area (Å²) in [7, 11) is 0. The van der Waals surface area contributed by atoms with Crippen LogP contribution < -0.4 is 0 Å². The Labute approximate surface area is 102 Å². The molecule has 0 aromatic heterocycles. The van der Waals surface area contributed by atoms with Gasteiger partial charge in [-0.1, -0.05) is 30.7 Å². The first-order valence-corrected chi connectivity index (χ1v) is 6.38. The highest BCUT2D eigenvalue weighted by Gasteiger charge is 2.20. The lowest BCUT2D eigenvalue weighted by atomic mass is 9.83. The SMILES string of the molecule is CCc1ccc(C2CCC(=O)CC2)cc1Cl. The van der Waals surface area contributed by atoms with Crippen LogP contribution in [0.15, 0.2) is 18.2 Å². The Balaban J connectivity index is 2.15. The standard InChI is InChI=1S/C14H17ClO/c1-2-10-3-4-12(9-14(10)15)11-5-7-13(16)8-6-11/h3-4,9,11H,2,5-8H2,1H3. The summed E-state index contributed by atoms with van der Waals surface area (Å²) in [5, 5.41) is 0.872. The summed E-state index contributed by atoms with van der Waals surface area (Å²) in [4.78, 5) is 11.2. The molecule has 0 N–H and O–H groups in total. The fraction of sp³-hybridized carbons (Fsp3) is 0.500. The third-order valence-corrected chi connectivity index (χ3v) is 3.82. The lowest BCUT2D eigenvalue weighted by molar-refractivity contribution is -0.120. The molecule has 86 valence electrons. The first kappa shape index (κ1) is 11.7. The van der Waals surface area contributed by atoms with Crippen molar-refractivity contribution >= 4 is 17.4 Å². The molecule has 2 heteroatoms. The van der Waals surface area contributed by atoms with Gasteiger partial charge >= 0.3 is 0 Å². The van der Waals surface area contributed by atoms with E-state index in [4.69, 9.17) is 11.6 Å². The van der Waals surface area contributed by atoms with Crippen LogP contribution in [0, 0.1) is 0 Å². The molecular weight excluding hydrogens is 220 g/mol. The number of benzene rings is 1. The van der Waals surface area contributed by atoms with Crippen molar-refractivity contribution in [1.82, 2.24) is 0 Å². The zero-order valence-electron chi connectivity index (χ0n) is 9.63. The first-order chi connectivity index (χ1) is 7.70. The van der Waals surface area contributed by atoms with Crippen molar-refractivity contribution in [2.45, 2.75) is 44.9 Å². The van der Waals surface area contributed by atoms with Crippen molar-refractivity contribution in [2.75, 3.05) is 0 Å². The highest BCUT2D eigenvalue weighted by molar-refractivity contribution is 6.31. The maximum absolute atomic E-state index is 11.2. The Morgan fingerprint density at radius 3 is 2.56 bits per heavy atom. The summed E-state index contributed by atoms with van der Waals surface area (Å²) in [5.74, 6) is 0.939. The quantitative estimate of drug-likeness (QED) is 0.755. The van der Waals surface area contributed by atoms with Gasteiger partial charge in [0, 0.05) is 17.9 Å². The van der Waals surface area contributed by atoms with Gasteiger partial charge in [0.05, 0.1) is 0 Å². The minimum absolute atomic E-state index is 0.410. The number of aryl methyl sites for hydroxylation is 1. The van der Waals surface area contributed by atoms with Crippen LogP contribution in [0.2, 0.25) is 5.02 Å². The number of halogens is 1. The monoisotopic (exact) mass is 236 g/mol. The maximum Gasteiger partial charge on any atom is 0.132 e. The highest BCUT2D eigenvalue weighted by Crippen LogP contribution is 2.33. The van der Waals surface area contributed by atoms with Crippen LogP contribution in [0.25, 0.3) is 0 Å². The number of carbonyl (C=O) groups is 1. The van der Waals surface area contributed by atoms with Gasteiger partial charge in [0.25, 0.3) is 0 Å². The zero-order chi connectivity index (χ0) is 11.5. The van der Waals surface area contributed by atoms with Gasteiger partial charge in [-0.05, 0) is 42.4 Å². The van der Waals surface area contributed by atoms with Crippen molar-refractivity contribution in [3.63, 3.8) is 0 Å².